The Bertz CT molecular complexity index is 423. The van der Waals surface area contributed by atoms with Crippen LogP contribution in [0.1, 0.15) is 5.56 Å². The molecule has 0 spiro atoms. The van der Waals surface area contributed by atoms with E-state index < -0.39 is 0 Å². The first-order valence-corrected chi connectivity index (χ1v) is 4.07. The molecule has 0 unspecified atom stereocenters. The van der Waals surface area contributed by atoms with Gasteiger partial charge in [0.05, 0.1) is 10.9 Å². The van der Waals surface area contributed by atoms with E-state index >= 15 is 0 Å². The van der Waals surface area contributed by atoms with Crippen molar-refractivity contribution in [3.05, 3.63) is 23.8 Å². The lowest BCUT2D eigenvalue weighted by atomic mass is 10.2. The van der Waals surface area contributed by atoms with Crippen LogP contribution in [0.2, 0.25) is 0 Å². The van der Waals surface area contributed by atoms with Gasteiger partial charge in [-0.25, -0.2) is 0 Å². The van der Waals surface area contributed by atoms with E-state index in [1.807, 2.05) is 18.2 Å². The van der Waals surface area contributed by atoms with Gasteiger partial charge in [-0.15, -0.1) is 5.10 Å². The summed E-state index contributed by atoms with van der Waals surface area (Å²) in [7, 11) is 0. The normalized spacial score (nSPS) is 11.3. The van der Waals surface area contributed by atoms with Gasteiger partial charge in [-0.2, -0.15) is 0 Å². The molecule has 0 radical (unpaired) electrons. The molecular weight excluding hydrogens is 174 g/mol. The number of oxime groups is 1. The summed E-state index contributed by atoms with van der Waals surface area (Å²) in [6.45, 7) is 0. The lowest BCUT2D eigenvalue weighted by Gasteiger charge is -1.90. The largest absolute Gasteiger partial charge is 0.411 e. The van der Waals surface area contributed by atoms with Crippen molar-refractivity contribution in [1.82, 2.24) is 9.59 Å². The molecule has 0 aliphatic rings. The highest BCUT2D eigenvalue weighted by Crippen LogP contribution is 2.18. The average Bonchev–Trinajstić information content (AvgIpc) is 2.53. The van der Waals surface area contributed by atoms with Crippen LogP contribution < -0.4 is 0 Å². The third-order valence-electron chi connectivity index (χ3n) is 1.50. The lowest BCUT2D eigenvalue weighted by molar-refractivity contribution is 0.322. The van der Waals surface area contributed by atoms with Crippen molar-refractivity contribution in [2.75, 3.05) is 0 Å². The zero-order valence-corrected chi connectivity index (χ0v) is 6.82. The summed E-state index contributed by atoms with van der Waals surface area (Å²) in [4.78, 5) is 0. The molecule has 0 saturated carbocycles. The van der Waals surface area contributed by atoms with Crippen LogP contribution in [0.3, 0.4) is 0 Å². The summed E-state index contributed by atoms with van der Waals surface area (Å²) in [5.74, 6) is 0. The van der Waals surface area contributed by atoms with Crippen molar-refractivity contribution in [1.29, 1.82) is 0 Å². The van der Waals surface area contributed by atoms with Gasteiger partial charge in [0.2, 0.25) is 0 Å². The number of hydrogen-bond donors (Lipinski definition) is 1. The highest BCUT2D eigenvalue weighted by atomic mass is 32.1. The van der Waals surface area contributed by atoms with Crippen molar-refractivity contribution >= 4 is 28.0 Å². The van der Waals surface area contributed by atoms with Gasteiger partial charge in [0.25, 0.3) is 0 Å². The smallest absolute Gasteiger partial charge is 0.106 e. The minimum Gasteiger partial charge on any atom is -0.411 e. The number of aromatic nitrogens is 2. The monoisotopic (exact) mass is 179 g/mol. The number of benzene rings is 1. The number of rotatable bonds is 1. The first-order chi connectivity index (χ1) is 5.92. The van der Waals surface area contributed by atoms with E-state index in [4.69, 9.17) is 5.21 Å². The number of hydrogen-bond acceptors (Lipinski definition) is 5. The Morgan fingerprint density at radius 3 is 3.25 bits per heavy atom. The maximum atomic E-state index is 8.35. The van der Waals surface area contributed by atoms with E-state index in [-0.39, 0.29) is 0 Å². The van der Waals surface area contributed by atoms with Gasteiger partial charge in [0.1, 0.15) is 5.52 Å². The van der Waals surface area contributed by atoms with Gasteiger partial charge >= 0.3 is 0 Å². The number of fused-ring (bicyclic) bond motifs is 1. The van der Waals surface area contributed by atoms with Crippen molar-refractivity contribution in [2.45, 2.75) is 0 Å². The Morgan fingerprint density at radius 1 is 1.50 bits per heavy atom. The van der Waals surface area contributed by atoms with E-state index in [0.29, 0.717) is 0 Å². The third-order valence-corrected chi connectivity index (χ3v) is 2.29. The second kappa shape index (κ2) is 2.86. The Labute approximate surface area is 72.3 Å². The summed E-state index contributed by atoms with van der Waals surface area (Å²) in [6.07, 6.45) is 1.38. The molecule has 1 aromatic carbocycles. The first-order valence-electron chi connectivity index (χ1n) is 3.30. The third kappa shape index (κ3) is 1.04. The highest BCUT2D eigenvalue weighted by molar-refractivity contribution is 7.13. The Morgan fingerprint density at radius 2 is 2.42 bits per heavy atom. The van der Waals surface area contributed by atoms with E-state index in [9.17, 15) is 0 Å². The van der Waals surface area contributed by atoms with Gasteiger partial charge in [-0.05, 0) is 17.6 Å². The summed E-state index contributed by atoms with van der Waals surface area (Å²) < 4.78 is 4.73. The van der Waals surface area contributed by atoms with Gasteiger partial charge in [0, 0.05) is 5.56 Å². The van der Waals surface area contributed by atoms with Crippen LogP contribution in [0.25, 0.3) is 10.2 Å². The molecule has 60 valence electrons. The van der Waals surface area contributed by atoms with Gasteiger partial charge in [-0.1, -0.05) is 21.8 Å². The maximum Gasteiger partial charge on any atom is 0.106 e. The molecule has 0 fully saturated rings. The van der Waals surface area contributed by atoms with Crippen LogP contribution in [-0.4, -0.2) is 21.0 Å². The van der Waals surface area contributed by atoms with Crippen LogP contribution in [0.4, 0.5) is 0 Å². The average molecular weight is 179 g/mol. The highest BCUT2D eigenvalue weighted by Gasteiger charge is 2.01. The van der Waals surface area contributed by atoms with Crippen molar-refractivity contribution in [2.24, 2.45) is 5.16 Å². The van der Waals surface area contributed by atoms with Crippen LogP contribution in [-0.2, 0) is 0 Å². The molecule has 0 bridgehead atoms. The molecule has 0 aliphatic carbocycles. The van der Waals surface area contributed by atoms with E-state index in [1.54, 1.807) is 0 Å². The second-order valence-corrected chi connectivity index (χ2v) is 2.97. The van der Waals surface area contributed by atoms with Crippen LogP contribution in [0, 0.1) is 0 Å². The Hall–Kier alpha value is -1.49. The molecule has 1 aromatic heterocycles. The standard InChI is InChI=1S/C7H5N3OS/c11-8-4-5-2-1-3-6-7(5)12-10-9-6/h1-4,11H. The fourth-order valence-corrected chi connectivity index (χ4v) is 1.63. The number of nitrogens with zero attached hydrogens (tertiary/aromatic N) is 3. The fourth-order valence-electron chi connectivity index (χ4n) is 0.989. The molecule has 0 saturated heterocycles. The molecule has 5 heteroatoms. The minimum absolute atomic E-state index is 0.831. The summed E-state index contributed by atoms with van der Waals surface area (Å²) in [5.41, 5.74) is 1.67. The van der Waals surface area contributed by atoms with Gasteiger partial charge in [0.15, 0.2) is 0 Å². The van der Waals surface area contributed by atoms with Crippen LogP contribution >= 0.6 is 11.5 Å². The predicted octanol–water partition coefficient (Wildman–Crippen LogP) is 1.50. The van der Waals surface area contributed by atoms with Crippen LogP contribution in [0.5, 0.6) is 0 Å². The summed E-state index contributed by atoms with van der Waals surface area (Å²) in [6, 6.07) is 5.57. The van der Waals surface area contributed by atoms with E-state index in [2.05, 4.69) is 14.7 Å². The van der Waals surface area contributed by atoms with Crippen molar-refractivity contribution < 1.29 is 5.21 Å². The van der Waals surface area contributed by atoms with Crippen LogP contribution in [0.15, 0.2) is 23.4 Å². The lowest BCUT2D eigenvalue weighted by Crippen LogP contribution is -1.80. The summed E-state index contributed by atoms with van der Waals surface area (Å²) >= 11 is 1.29. The quantitative estimate of drug-likeness (QED) is 0.410. The van der Waals surface area contributed by atoms with E-state index in [0.717, 1.165) is 15.8 Å². The molecule has 12 heavy (non-hydrogen) atoms. The SMILES string of the molecule is ON=Cc1cccc2nnsc12. The first kappa shape index (κ1) is 7.17. The summed E-state index contributed by atoms with van der Waals surface area (Å²) in [5, 5.41) is 15.2. The van der Waals surface area contributed by atoms with Crippen molar-refractivity contribution in [3.8, 4) is 0 Å². The molecule has 1 N–H and O–H groups in total. The predicted molar refractivity (Wildman–Crippen MR) is 46.8 cm³/mol. The zero-order valence-electron chi connectivity index (χ0n) is 6.01. The van der Waals surface area contributed by atoms with Gasteiger partial charge < -0.3 is 5.21 Å². The Kier molecular flexibility index (Phi) is 1.71. The van der Waals surface area contributed by atoms with Crippen molar-refractivity contribution in [3.63, 3.8) is 0 Å². The zero-order chi connectivity index (χ0) is 8.39. The molecular formula is C7H5N3OS. The minimum atomic E-state index is 0.831. The molecule has 2 aromatic rings. The molecule has 1 heterocycles. The second-order valence-electron chi connectivity index (χ2n) is 2.21. The topological polar surface area (TPSA) is 58.4 Å². The maximum absolute atomic E-state index is 8.35. The molecule has 0 atom stereocenters. The molecule has 4 nitrogen and oxygen atoms in total. The molecule has 0 aliphatic heterocycles. The van der Waals surface area contributed by atoms with Gasteiger partial charge in [-0.3, -0.25) is 0 Å². The fraction of sp³-hybridized carbons (Fsp3) is 0. The molecule has 0 amide bonds. The molecule has 2 rings (SSSR count). The Balaban J connectivity index is 2.73. The van der Waals surface area contributed by atoms with E-state index in [1.165, 1.54) is 17.7 Å².